The maximum absolute atomic E-state index is 16.6. The van der Waals surface area contributed by atoms with Crippen molar-refractivity contribution in [2.24, 2.45) is 0 Å². The summed E-state index contributed by atoms with van der Waals surface area (Å²) in [6.07, 6.45) is 5.45. The van der Waals surface area contributed by atoms with E-state index in [1.807, 2.05) is 24.3 Å². The van der Waals surface area contributed by atoms with Gasteiger partial charge in [0.05, 0.1) is 11.6 Å². The number of phenolic OH excluding ortho intramolecular Hbond substituents is 1. The van der Waals surface area contributed by atoms with Gasteiger partial charge in [-0.05, 0) is 80.2 Å². The predicted molar refractivity (Wildman–Crippen MR) is 157 cm³/mol. The lowest BCUT2D eigenvalue weighted by molar-refractivity contribution is 0.223. The lowest BCUT2D eigenvalue weighted by Crippen LogP contribution is -2.51. The Kier molecular flexibility index (Phi) is 6.65. The van der Waals surface area contributed by atoms with E-state index >= 15 is 4.39 Å². The van der Waals surface area contributed by atoms with Crippen LogP contribution < -0.4 is 15.0 Å². The monoisotopic (exact) mass is 561 g/mol. The molecule has 1 aromatic heterocycles. The molecule has 2 bridgehead atoms. The van der Waals surface area contributed by atoms with E-state index in [9.17, 15) is 5.11 Å². The van der Waals surface area contributed by atoms with Crippen LogP contribution in [0.1, 0.15) is 32.1 Å². The summed E-state index contributed by atoms with van der Waals surface area (Å²) in [5.41, 5.74) is 0.910. The SMILES string of the molecule is CN1CCC[C@H]1CCOc1nc(N2C[C@H]3CC[C@@H](C2)N3)c2cc(Cl)c(-c3cc(O)cc4ccccc34)c(F)c2n1. The van der Waals surface area contributed by atoms with Gasteiger partial charge in [0.15, 0.2) is 5.82 Å². The number of likely N-dealkylation sites (tertiary alicyclic amines) is 1. The lowest BCUT2D eigenvalue weighted by atomic mass is 9.96. The van der Waals surface area contributed by atoms with Gasteiger partial charge in [-0.1, -0.05) is 35.9 Å². The molecule has 3 aliphatic heterocycles. The number of nitrogens with zero attached hydrogens (tertiary/aromatic N) is 4. The molecule has 0 saturated carbocycles. The van der Waals surface area contributed by atoms with E-state index < -0.39 is 5.82 Å². The molecule has 0 aliphatic carbocycles. The molecule has 0 amide bonds. The number of anilines is 1. The van der Waals surface area contributed by atoms with E-state index in [0.29, 0.717) is 41.5 Å². The van der Waals surface area contributed by atoms with Crippen LogP contribution in [0.5, 0.6) is 11.8 Å². The Balaban J connectivity index is 1.34. The minimum atomic E-state index is -0.541. The van der Waals surface area contributed by atoms with Crippen molar-refractivity contribution in [1.29, 1.82) is 0 Å². The number of halogens is 2. The van der Waals surface area contributed by atoms with Crippen molar-refractivity contribution in [2.75, 3.05) is 38.2 Å². The Morgan fingerprint density at radius 2 is 1.88 bits per heavy atom. The zero-order valence-electron chi connectivity index (χ0n) is 22.5. The van der Waals surface area contributed by atoms with E-state index in [4.69, 9.17) is 21.3 Å². The van der Waals surface area contributed by atoms with Crippen LogP contribution in [0.2, 0.25) is 5.02 Å². The van der Waals surface area contributed by atoms with Crippen LogP contribution in [0.3, 0.4) is 0 Å². The number of hydrogen-bond donors (Lipinski definition) is 2. The van der Waals surface area contributed by atoms with Crippen LogP contribution in [-0.4, -0.2) is 71.4 Å². The van der Waals surface area contributed by atoms with E-state index in [1.54, 1.807) is 18.2 Å². The Morgan fingerprint density at radius 3 is 2.65 bits per heavy atom. The summed E-state index contributed by atoms with van der Waals surface area (Å²) in [5, 5.41) is 16.5. The van der Waals surface area contributed by atoms with Crippen LogP contribution in [0.4, 0.5) is 10.2 Å². The molecule has 3 aromatic carbocycles. The van der Waals surface area contributed by atoms with Crippen molar-refractivity contribution in [1.82, 2.24) is 20.2 Å². The molecule has 3 atom stereocenters. The van der Waals surface area contributed by atoms with Gasteiger partial charge in [-0.15, -0.1) is 0 Å². The summed E-state index contributed by atoms with van der Waals surface area (Å²) >= 11 is 6.84. The number of nitrogens with one attached hydrogen (secondary N) is 1. The maximum atomic E-state index is 16.6. The first kappa shape index (κ1) is 25.7. The summed E-state index contributed by atoms with van der Waals surface area (Å²) in [5.74, 6) is 0.162. The molecule has 7 nitrogen and oxygen atoms in total. The van der Waals surface area contributed by atoms with Gasteiger partial charge in [0.25, 0.3) is 0 Å². The number of ether oxygens (including phenoxy) is 1. The smallest absolute Gasteiger partial charge is 0.319 e. The summed E-state index contributed by atoms with van der Waals surface area (Å²) in [4.78, 5) is 14.0. The van der Waals surface area contributed by atoms with Crippen molar-refractivity contribution < 1.29 is 14.2 Å². The van der Waals surface area contributed by atoms with E-state index in [2.05, 4.69) is 27.1 Å². The maximum Gasteiger partial charge on any atom is 0.319 e. The molecule has 0 radical (unpaired) electrons. The number of aromatic hydroxyl groups is 1. The molecule has 3 saturated heterocycles. The fraction of sp³-hybridized carbons (Fsp3) is 0.419. The molecule has 208 valence electrons. The van der Waals surface area contributed by atoms with Gasteiger partial charge >= 0.3 is 6.01 Å². The summed E-state index contributed by atoms with van der Waals surface area (Å²) in [7, 11) is 2.15. The van der Waals surface area contributed by atoms with Gasteiger partial charge in [0.2, 0.25) is 0 Å². The number of piperazine rings is 1. The molecule has 4 aromatic rings. The van der Waals surface area contributed by atoms with Crippen molar-refractivity contribution in [2.45, 2.75) is 50.2 Å². The third-order valence-corrected chi connectivity index (χ3v) is 9.13. The highest BCUT2D eigenvalue weighted by molar-refractivity contribution is 6.35. The van der Waals surface area contributed by atoms with Crippen molar-refractivity contribution in [3.05, 3.63) is 53.3 Å². The molecule has 7 rings (SSSR count). The molecule has 0 unspecified atom stereocenters. The van der Waals surface area contributed by atoms with Crippen molar-refractivity contribution >= 4 is 39.1 Å². The second-order valence-corrected chi connectivity index (χ2v) is 11.9. The number of rotatable bonds is 6. The first-order valence-electron chi connectivity index (χ1n) is 14.2. The first-order valence-corrected chi connectivity index (χ1v) is 14.6. The molecule has 40 heavy (non-hydrogen) atoms. The highest BCUT2D eigenvalue weighted by atomic mass is 35.5. The molecule has 9 heteroatoms. The zero-order chi connectivity index (χ0) is 27.4. The minimum Gasteiger partial charge on any atom is -0.508 e. The molecule has 0 spiro atoms. The number of aromatic nitrogens is 2. The number of benzene rings is 3. The van der Waals surface area contributed by atoms with Gasteiger partial charge in [0, 0.05) is 42.2 Å². The Bertz CT molecular complexity index is 1590. The number of hydrogen-bond acceptors (Lipinski definition) is 7. The highest BCUT2D eigenvalue weighted by Crippen LogP contribution is 2.43. The summed E-state index contributed by atoms with van der Waals surface area (Å²) in [6.45, 7) is 3.14. The van der Waals surface area contributed by atoms with E-state index in [-0.39, 0.29) is 27.9 Å². The standard InChI is InChI=1S/C31H33ClFN5O2/c1-37-11-4-6-21(37)10-12-40-31-35-29-25(30(36-31)38-16-19-8-9-20(17-38)34-19)15-26(32)27(28(29)33)24-14-22(39)13-18-5-2-3-7-23(18)24/h2-3,5,7,13-15,19-21,34,39H,4,6,8-12,16-17H2,1H3/t19-,20+,21-/m0/s1. The van der Waals surface area contributed by atoms with Gasteiger partial charge < -0.3 is 25.0 Å². The fourth-order valence-electron chi connectivity index (χ4n) is 6.81. The van der Waals surface area contributed by atoms with Crippen LogP contribution >= 0.6 is 11.6 Å². The molecule has 3 fully saturated rings. The molecule has 3 aliphatic rings. The van der Waals surface area contributed by atoms with Crippen LogP contribution in [-0.2, 0) is 0 Å². The average Bonchev–Trinajstić information content (AvgIpc) is 3.51. The van der Waals surface area contributed by atoms with Gasteiger partial charge in [-0.2, -0.15) is 9.97 Å². The average molecular weight is 562 g/mol. The molecule has 4 heterocycles. The second kappa shape index (κ2) is 10.3. The second-order valence-electron chi connectivity index (χ2n) is 11.4. The topological polar surface area (TPSA) is 73.8 Å². The van der Waals surface area contributed by atoms with Crippen LogP contribution in [0.25, 0.3) is 32.8 Å². The van der Waals surface area contributed by atoms with E-state index in [1.165, 1.54) is 6.42 Å². The fourth-order valence-corrected chi connectivity index (χ4v) is 7.11. The molecular weight excluding hydrogens is 529 g/mol. The molecular formula is C31H33ClFN5O2. The van der Waals surface area contributed by atoms with Crippen LogP contribution in [0, 0.1) is 5.82 Å². The minimum absolute atomic E-state index is 0.0461. The Labute approximate surface area is 237 Å². The van der Waals surface area contributed by atoms with E-state index in [0.717, 1.165) is 56.1 Å². The Morgan fingerprint density at radius 1 is 1.07 bits per heavy atom. The summed E-state index contributed by atoms with van der Waals surface area (Å²) in [6, 6.07) is 14.0. The van der Waals surface area contributed by atoms with Gasteiger partial charge in [0.1, 0.15) is 17.1 Å². The number of phenols is 1. The highest BCUT2D eigenvalue weighted by Gasteiger charge is 2.34. The number of fused-ring (bicyclic) bond motifs is 4. The lowest BCUT2D eigenvalue weighted by Gasteiger charge is -2.34. The molecule has 2 N–H and O–H groups in total. The predicted octanol–water partition coefficient (Wildman–Crippen LogP) is 5.75. The largest absolute Gasteiger partial charge is 0.508 e. The first-order chi connectivity index (χ1) is 19.4. The zero-order valence-corrected chi connectivity index (χ0v) is 23.3. The van der Waals surface area contributed by atoms with Crippen LogP contribution in [0.15, 0.2) is 42.5 Å². The van der Waals surface area contributed by atoms with Gasteiger partial charge in [-0.25, -0.2) is 4.39 Å². The normalized spacial score (nSPS) is 23.0. The van der Waals surface area contributed by atoms with Crippen molar-refractivity contribution in [3.8, 4) is 22.9 Å². The quantitative estimate of drug-likeness (QED) is 0.310. The Hall–Kier alpha value is -3.20. The van der Waals surface area contributed by atoms with Gasteiger partial charge in [-0.3, -0.25) is 0 Å². The summed E-state index contributed by atoms with van der Waals surface area (Å²) < 4.78 is 22.8. The third kappa shape index (κ3) is 4.62. The third-order valence-electron chi connectivity index (χ3n) is 8.83. The van der Waals surface area contributed by atoms with Crippen molar-refractivity contribution in [3.63, 3.8) is 0 Å².